The van der Waals surface area contributed by atoms with Crippen molar-refractivity contribution in [3.05, 3.63) is 60.0 Å². The molecule has 0 aliphatic carbocycles. The first-order valence-electron chi connectivity index (χ1n) is 8.86. The molecular formula is C20H22FN3O. The maximum atomic E-state index is 13.2. The predicted molar refractivity (Wildman–Crippen MR) is 97.4 cm³/mol. The molecule has 130 valence electrons. The number of hydrogen-bond acceptors (Lipinski definition) is 4. The minimum Gasteiger partial charge on any atom is -0.369 e. The van der Waals surface area contributed by atoms with Crippen LogP contribution in [-0.4, -0.2) is 42.8 Å². The van der Waals surface area contributed by atoms with Crippen LogP contribution in [0, 0.1) is 5.82 Å². The molecule has 0 spiro atoms. The van der Waals surface area contributed by atoms with Gasteiger partial charge in [0.05, 0.1) is 5.69 Å². The first-order valence-corrected chi connectivity index (χ1v) is 8.86. The van der Waals surface area contributed by atoms with E-state index in [1.165, 1.54) is 17.8 Å². The van der Waals surface area contributed by atoms with E-state index in [2.05, 4.69) is 45.3 Å². The molecule has 1 aliphatic rings. The molecule has 25 heavy (non-hydrogen) atoms. The lowest BCUT2D eigenvalue weighted by atomic mass is 10.1. The van der Waals surface area contributed by atoms with Crippen LogP contribution in [0.4, 0.5) is 10.1 Å². The summed E-state index contributed by atoms with van der Waals surface area (Å²) in [5.41, 5.74) is 2.77. The van der Waals surface area contributed by atoms with E-state index in [1.807, 2.05) is 0 Å². The Morgan fingerprint density at radius 2 is 1.80 bits per heavy atom. The second-order valence-corrected chi connectivity index (χ2v) is 6.54. The van der Waals surface area contributed by atoms with E-state index in [1.54, 1.807) is 6.07 Å². The zero-order valence-electron chi connectivity index (χ0n) is 14.2. The van der Waals surface area contributed by atoms with Gasteiger partial charge >= 0.3 is 0 Å². The van der Waals surface area contributed by atoms with Gasteiger partial charge in [-0.15, -0.1) is 0 Å². The van der Waals surface area contributed by atoms with Gasteiger partial charge < -0.3 is 9.42 Å². The van der Waals surface area contributed by atoms with Gasteiger partial charge in [0.2, 0.25) is 0 Å². The van der Waals surface area contributed by atoms with E-state index in [-0.39, 0.29) is 5.82 Å². The van der Waals surface area contributed by atoms with Crippen LogP contribution < -0.4 is 4.90 Å². The van der Waals surface area contributed by atoms with E-state index >= 15 is 0 Å². The third kappa shape index (κ3) is 3.66. The molecule has 0 saturated carbocycles. The van der Waals surface area contributed by atoms with Crippen molar-refractivity contribution in [1.29, 1.82) is 0 Å². The Morgan fingerprint density at radius 1 is 1.00 bits per heavy atom. The number of hydrogen-bond donors (Lipinski definition) is 0. The van der Waals surface area contributed by atoms with Crippen molar-refractivity contribution in [1.82, 2.24) is 10.1 Å². The molecule has 5 heteroatoms. The van der Waals surface area contributed by atoms with Gasteiger partial charge in [0.25, 0.3) is 0 Å². The van der Waals surface area contributed by atoms with Crippen LogP contribution in [0.5, 0.6) is 0 Å². The Labute approximate surface area is 146 Å². The molecule has 2 heterocycles. The number of fused-ring (bicyclic) bond motifs is 1. The third-order valence-corrected chi connectivity index (χ3v) is 4.89. The van der Waals surface area contributed by atoms with Crippen molar-refractivity contribution < 1.29 is 8.91 Å². The molecule has 0 amide bonds. The molecule has 0 unspecified atom stereocenters. The van der Waals surface area contributed by atoms with Gasteiger partial charge in [-0.05, 0) is 43.7 Å². The lowest BCUT2D eigenvalue weighted by molar-refractivity contribution is 0.254. The van der Waals surface area contributed by atoms with Gasteiger partial charge in [0.15, 0.2) is 5.58 Å². The first kappa shape index (κ1) is 16.1. The van der Waals surface area contributed by atoms with Crippen molar-refractivity contribution in [2.75, 3.05) is 37.6 Å². The smallest absolute Gasteiger partial charge is 0.170 e. The molecule has 1 fully saturated rings. The summed E-state index contributed by atoms with van der Waals surface area (Å²) in [6, 6.07) is 15.2. The molecule has 0 radical (unpaired) electrons. The van der Waals surface area contributed by atoms with Gasteiger partial charge in [0.1, 0.15) is 5.82 Å². The minimum atomic E-state index is -0.286. The van der Waals surface area contributed by atoms with Gasteiger partial charge in [-0.25, -0.2) is 4.39 Å². The fourth-order valence-corrected chi connectivity index (χ4v) is 3.48. The molecule has 0 bridgehead atoms. The second-order valence-electron chi connectivity index (χ2n) is 6.54. The molecule has 1 aliphatic heterocycles. The number of para-hydroxylation sites is 1. The summed E-state index contributed by atoms with van der Waals surface area (Å²) in [5.74, 6) is -0.286. The molecular weight excluding hydrogens is 317 g/mol. The molecule has 2 aromatic carbocycles. The number of anilines is 1. The Morgan fingerprint density at radius 3 is 2.60 bits per heavy atom. The highest BCUT2D eigenvalue weighted by molar-refractivity contribution is 5.79. The molecule has 4 nitrogen and oxygen atoms in total. The van der Waals surface area contributed by atoms with E-state index in [0.29, 0.717) is 5.58 Å². The summed E-state index contributed by atoms with van der Waals surface area (Å²) in [5, 5.41) is 5.03. The highest BCUT2D eigenvalue weighted by Crippen LogP contribution is 2.21. The van der Waals surface area contributed by atoms with Crippen molar-refractivity contribution in [2.45, 2.75) is 12.8 Å². The zero-order chi connectivity index (χ0) is 17.1. The standard InChI is InChI=1S/C20H22FN3O/c21-16-8-9-18-19(22-25-20(18)15-16)7-4-10-23-11-13-24(14-12-23)17-5-2-1-3-6-17/h1-3,5-6,8-9,15H,4,7,10-14H2. The summed E-state index contributed by atoms with van der Waals surface area (Å²) in [4.78, 5) is 4.94. The van der Waals surface area contributed by atoms with Crippen molar-refractivity contribution in [3.63, 3.8) is 0 Å². The molecule has 1 saturated heterocycles. The number of rotatable bonds is 5. The van der Waals surface area contributed by atoms with Crippen molar-refractivity contribution in [3.8, 4) is 0 Å². The van der Waals surface area contributed by atoms with Crippen LogP contribution in [0.15, 0.2) is 53.1 Å². The molecule has 4 rings (SSSR count). The molecule has 1 aromatic heterocycles. The van der Waals surface area contributed by atoms with Gasteiger partial charge in [-0.3, -0.25) is 4.90 Å². The summed E-state index contributed by atoms with van der Waals surface area (Å²) >= 11 is 0. The number of aromatic nitrogens is 1. The van der Waals surface area contributed by atoms with Gasteiger partial charge in [-0.1, -0.05) is 23.4 Å². The highest BCUT2D eigenvalue weighted by Gasteiger charge is 2.17. The molecule has 0 atom stereocenters. The normalized spacial score (nSPS) is 15.8. The van der Waals surface area contributed by atoms with Gasteiger partial charge in [0, 0.05) is 43.3 Å². The average Bonchev–Trinajstić information content (AvgIpc) is 3.05. The van der Waals surface area contributed by atoms with E-state index in [4.69, 9.17) is 4.52 Å². The Bertz CT molecular complexity index is 825. The van der Waals surface area contributed by atoms with Crippen molar-refractivity contribution in [2.24, 2.45) is 0 Å². The monoisotopic (exact) mass is 339 g/mol. The lowest BCUT2D eigenvalue weighted by Gasteiger charge is -2.36. The summed E-state index contributed by atoms with van der Waals surface area (Å²) in [7, 11) is 0. The quantitative estimate of drug-likeness (QED) is 0.709. The maximum absolute atomic E-state index is 13.2. The van der Waals surface area contributed by atoms with Crippen LogP contribution in [0.25, 0.3) is 11.0 Å². The molecule has 0 N–H and O–H groups in total. The third-order valence-electron chi connectivity index (χ3n) is 4.89. The summed E-state index contributed by atoms with van der Waals surface area (Å²) < 4.78 is 18.4. The van der Waals surface area contributed by atoms with Crippen molar-refractivity contribution >= 4 is 16.7 Å². The highest BCUT2D eigenvalue weighted by atomic mass is 19.1. The number of aryl methyl sites for hydroxylation is 1. The first-order chi connectivity index (χ1) is 12.3. The van der Waals surface area contributed by atoms with E-state index in [0.717, 1.165) is 56.6 Å². The summed E-state index contributed by atoms with van der Waals surface area (Å²) in [6.45, 7) is 5.35. The fourth-order valence-electron chi connectivity index (χ4n) is 3.48. The fraction of sp³-hybridized carbons (Fsp3) is 0.350. The number of halogens is 1. The zero-order valence-corrected chi connectivity index (χ0v) is 14.2. The van der Waals surface area contributed by atoms with Crippen LogP contribution in [0.2, 0.25) is 0 Å². The SMILES string of the molecule is Fc1ccc2c(CCCN3CCN(c4ccccc4)CC3)noc2c1. The lowest BCUT2D eigenvalue weighted by Crippen LogP contribution is -2.46. The van der Waals surface area contributed by atoms with E-state index in [9.17, 15) is 4.39 Å². The Hall–Kier alpha value is -2.40. The topological polar surface area (TPSA) is 32.5 Å². The average molecular weight is 339 g/mol. The van der Waals surface area contributed by atoms with Crippen LogP contribution in [-0.2, 0) is 6.42 Å². The summed E-state index contributed by atoms with van der Waals surface area (Å²) in [6.07, 6.45) is 1.89. The maximum Gasteiger partial charge on any atom is 0.170 e. The number of piperazine rings is 1. The Kier molecular flexibility index (Phi) is 4.65. The van der Waals surface area contributed by atoms with Crippen LogP contribution in [0.1, 0.15) is 12.1 Å². The van der Waals surface area contributed by atoms with E-state index < -0.39 is 0 Å². The Balaban J connectivity index is 1.27. The van der Waals surface area contributed by atoms with Crippen LogP contribution >= 0.6 is 0 Å². The number of nitrogens with zero attached hydrogens (tertiary/aromatic N) is 3. The second kappa shape index (κ2) is 7.23. The molecule has 3 aromatic rings. The van der Waals surface area contributed by atoms with Crippen LogP contribution in [0.3, 0.4) is 0 Å². The van der Waals surface area contributed by atoms with Gasteiger partial charge in [-0.2, -0.15) is 0 Å². The minimum absolute atomic E-state index is 0.286. The largest absolute Gasteiger partial charge is 0.369 e. The number of benzene rings is 2. The predicted octanol–water partition coefficient (Wildman–Crippen LogP) is 3.72.